The zero-order chi connectivity index (χ0) is 20.5. The van der Waals surface area contributed by atoms with Crippen LogP contribution in [0.15, 0.2) is 40.2 Å². The van der Waals surface area contributed by atoms with Gasteiger partial charge in [0.15, 0.2) is 5.82 Å². The maximum absolute atomic E-state index is 13.2. The summed E-state index contributed by atoms with van der Waals surface area (Å²) >= 11 is 0. The summed E-state index contributed by atoms with van der Waals surface area (Å²) in [6.07, 6.45) is 5.58. The summed E-state index contributed by atoms with van der Waals surface area (Å²) in [5.74, 6) is 0.373. The monoisotopic (exact) mass is 406 g/mol. The fourth-order valence-electron chi connectivity index (χ4n) is 4.18. The molecule has 0 unspecified atom stereocenters. The lowest BCUT2D eigenvalue weighted by Crippen LogP contribution is -2.36. The van der Waals surface area contributed by atoms with Crippen LogP contribution < -0.4 is 5.56 Å². The number of nitrogens with one attached hydrogen (secondary N) is 2. The molecule has 0 fully saturated rings. The predicted octanol–water partition coefficient (Wildman–Crippen LogP) is 2.83. The summed E-state index contributed by atoms with van der Waals surface area (Å²) in [5, 5.41) is 7.19. The van der Waals surface area contributed by atoms with Gasteiger partial charge in [-0.2, -0.15) is 5.10 Å². The molecule has 0 aliphatic carbocycles. The maximum Gasteiger partial charge on any atom is 0.255 e. The number of nitrogens with zero attached hydrogens (tertiary/aromatic N) is 4. The molecule has 154 valence electrons. The van der Waals surface area contributed by atoms with E-state index in [2.05, 4.69) is 25.1 Å². The predicted molar refractivity (Wildman–Crippen MR) is 112 cm³/mol. The number of hydrogen-bond donors (Lipinski definition) is 2. The summed E-state index contributed by atoms with van der Waals surface area (Å²) in [5.41, 5.74) is 5.24. The zero-order valence-corrected chi connectivity index (χ0v) is 16.6. The van der Waals surface area contributed by atoms with Crippen LogP contribution in [0.2, 0.25) is 0 Å². The van der Waals surface area contributed by atoms with E-state index in [1.165, 1.54) is 12.1 Å². The zero-order valence-electron chi connectivity index (χ0n) is 16.6. The molecular formula is C22H23FN6O. The van der Waals surface area contributed by atoms with Gasteiger partial charge in [0.25, 0.3) is 5.56 Å². The summed E-state index contributed by atoms with van der Waals surface area (Å²) in [6, 6.07) is 6.36. The molecule has 4 heterocycles. The SMILES string of the molecule is O=c1[nH]c(C2=NCCCC2)nc2c1CN(Cc1cn[nH]c1-c1ccc(F)cc1)CC2. The van der Waals surface area contributed by atoms with Gasteiger partial charge in [0.2, 0.25) is 0 Å². The molecule has 0 saturated heterocycles. The Hall–Kier alpha value is -3.13. The summed E-state index contributed by atoms with van der Waals surface area (Å²) < 4.78 is 13.2. The topological polar surface area (TPSA) is 90.0 Å². The van der Waals surface area contributed by atoms with Crippen LogP contribution in [0.1, 0.15) is 41.9 Å². The molecule has 2 aromatic heterocycles. The highest BCUT2D eigenvalue weighted by atomic mass is 19.1. The Balaban J connectivity index is 1.36. The van der Waals surface area contributed by atoms with E-state index in [0.717, 1.165) is 72.6 Å². The van der Waals surface area contributed by atoms with E-state index in [0.29, 0.717) is 18.9 Å². The van der Waals surface area contributed by atoms with E-state index < -0.39 is 0 Å². The van der Waals surface area contributed by atoms with Crippen LogP contribution in [0.3, 0.4) is 0 Å². The third kappa shape index (κ3) is 3.70. The first kappa shape index (κ1) is 18.9. The minimum atomic E-state index is -0.266. The lowest BCUT2D eigenvalue weighted by molar-refractivity contribution is 0.242. The molecule has 0 radical (unpaired) electrons. The number of benzene rings is 1. The molecule has 2 aliphatic heterocycles. The van der Waals surface area contributed by atoms with Crippen LogP contribution >= 0.6 is 0 Å². The fourth-order valence-corrected chi connectivity index (χ4v) is 4.18. The first-order chi connectivity index (χ1) is 14.7. The first-order valence-corrected chi connectivity index (χ1v) is 10.3. The van der Waals surface area contributed by atoms with Gasteiger partial charge in [-0.05, 0) is 43.5 Å². The van der Waals surface area contributed by atoms with E-state index in [1.54, 1.807) is 18.3 Å². The molecule has 30 heavy (non-hydrogen) atoms. The van der Waals surface area contributed by atoms with Crippen LogP contribution in [0.25, 0.3) is 11.3 Å². The van der Waals surface area contributed by atoms with Crippen molar-refractivity contribution in [1.82, 2.24) is 25.1 Å². The van der Waals surface area contributed by atoms with Crippen LogP contribution in [-0.4, -0.2) is 43.9 Å². The third-order valence-electron chi connectivity index (χ3n) is 5.79. The highest BCUT2D eigenvalue weighted by Crippen LogP contribution is 2.24. The van der Waals surface area contributed by atoms with Crippen LogP contribution in [0, 0.1) is 5.82 Å². The summed E-state index contributed by atoms with van der Waals surface area (Å²) in [7, 11) is 0. The standard InChI is InChI=1S/C22H23FN6O/c23-16-6-4-14(5-7-16)20-15(11-25-28-20)12-29-10-8-18-17(13-29)22(30)27-21(26-18)19-3-1-2-9-24-19/h4-7,11H,1-3,8-10,12-13H2,(H,25,28)(H,26,27,30). The molecule has 0 atom stereocenters. The highest BCUT2D eigenvalue weighted by Gasteiger charge is 2.23. The van der Waals surface area contributed by atoms with Crippen molar-refractivity contribution in [2.75, 3.05) is 13.1 Å². The van der Waals surface area contributed by atoms with Gasteiger partial charge in [-0.3, -0.25) is 19.8 Å². The van der Waals surface area contributed by atoms with E-state index in [1.807, 2.05) is 0 Å². The number of rotatable bonds is 4. The average Bonchev–Trinajstić information content (AvgIpc) is 3.23. The number of aromatic amines is 2. The molecule has 2 N–H and O–H groups in total. The smallest absolute Gasteiger partial charge is 0.255 e. The van der Waals surface area contributed by atoms with Crippen LogP contribution in [0.4, 0.5) is 4.39 Å². The maximum atomic E-state index is 13.2. The Morgan fingerprint density at radius 2 is 2.00 bits per heavy atom. The number of aromatic nitrogens is 4. The Kier molecular flexibility index (Phi) is 5.00. The lowest BCUT2D eigenvalue weighted by Gasteiger charge is -2.27. The average molecular weight is 406 g/mol. The van der Waals surface area contributed by atoms with Gasteiger partial charge in [-0.25, -0.2) is 9.37 Å². The Morgan fingerprint density at radius 1 is 1.13 bits per heavy atom. The van der Waals surface area contributed by atoms with Crippen molar-refractivity contribution in [3.05, 3.63) is 69.3 Å². The van der Waals surface area contributed by atoms with Gasteiger partial charge in [-0.1, -0.05) is 0 Å². The number of hydrogen-bond acceptors (Lipinski definition) is 5. The van der Waals surface area contributed by atoms with Crippen LogP contribution in [0.5, 0.6) is 0 Å². The third-order valence-corrected chi connectivity index (χ3v) is 5.79. The van der Waals surface area contributed by atoms with Crippen molar-refractivity contribution in [3.63, 3.8) is 0 Å². The van der Waals surface area contributed by atoms with Gasteiger partial charge in [0.1, 0.15) is 5.82 Å². The molecule has 2 aliphatic rings. The second kappa shape index (κ2) is 7.95. The molecule has 5 rings (SSSR count). The van der Waals surface area contributed by atoms with Gasteiger partial charge in [0.05, 0.1) is 28.9 Å². The van der Waals surface area contributed by atoms with Crippen molar-refractivity contribution < 1.29 is 4.39 Å². The Bertz CT molecular complexity index is 1150. The van der Waals surface area contributed by atoms with Gasteiger partial charge < -0.3 is 4.98 Å². The minimum Gasteiger partial charge on any atom is -0.305 e. The molecule has 0 amide bonds. The Morgan fingerprint density at radius 3 is 2.80 bits per heavy atom. The van der Waals surface area contributed by atoms with E-state index >= 15 is 0 Å². The molecule has 1 aromatic carbocycles. The van der Waals surface area contributed by atoms with Crippen molar-refractivity contribution in [3.8, 4) is 11.3 Å². The highest BCUT2D eigenvalue weighted by molar-refractivity contribution is 5.97. The molecule has 0 spiro atoms. The van der Waals surface area contributed by atoms with Gasteiger partial charge >= 0.3 is 0 Å². The fraction of sp³-hybridized carbons (Fsp3) is 0.364. The molecule has 3 aromatic rings. The molecule has 8 heteroatoms. The summed E-state index contributed by atoms with van der Waals surface area (Å²) in [4.78, 5) is 27.2. The summed E-state index contributed by atoms with van der Waals surface area (Å²) in [6.45, 7) is 2.81. The quantitative estimate of drug-likeness (QED) is 0.697. The first-order valence-electron chi connectivity index (χ1n) is 10.3. The van der Waals surface area contributed by atoms with E-state index in [4.69, 9.17) is 4.98 Å². The number of H-pyrrole nitrogens is 2. The second-order valence-electron chi connectivity index (χ2n) is 7.86. The molecule has 0 bridgehead atoms. The molecular weight excluding hydrogens is 383 g/mol. The van der Waals surface area contributed by atoms with E-state index in [9.17, 15) is 9.18 Å². The van der Waals surface area contributed by atoms with Crippen molar-refractivity contribution in [2.24, 2.45) is 4.99 Å². The van der Waals surface area contributed by atoms with Gasteiger partial charge in [-0.15, -0.1) is 0 Å². The lowest BCUT2D eigenvalue weighted by atomic mass is 10.0. The minimum absolute atomic E-state index is 0.0704. The number of fused-ring (bicyclic) bond motifs is 1. The number of aliphatic imine (C=N–C) groups is 1. The molecule has 7 nitrogen and oxygen atoms in total. The second-order valence-corrected chi connectivity index (χ2v) is 7.86. The number of halogens is 1. The van der Waals surface area contributed by atoms with Crippen molar-refractivity contribution in [2.45, 2.75) is 38.8 Å². The van der Waals surface area contributed by atoms with Crippen molar-refractivity contribution >= 4 is 5.71 Å². The Labute approximate surface area is 173 Å². The molecule has 0 saturated carbocycles. The van der Waals surface area contributed by atoms with Crippen LogP contribution in [-0.2, 0) is 19.5 Å². The van der Waals surface area contributed by atoms with E-state index in [-0.39, 0.29) is 11.4 Å². The van der Waals surface area contributed by atoms with Crippen molar-refractivity contribution in [1.29, 1.82) is 0 Å². The van der Waals surface area contributed by atoms with Gasteiger partial charge in [0, 0.05) is 43.7 Å². The largest absolute Gasteiger partial charge is 0.305 e. The normalized spacial score (nSPS) is 16.9.